The third-order valence-corrected chi connectivity index (χ3v) is 7.80. The van der Waals surface area contributed by atoms with Gasteiger partial charge >= 0.3 is 26.8 Å². The molecule has 34 heavy (non-hydrogen) atoms. The Balaban J connectivity index is 2.79. The predicted molar refractivity (Wildman–Crippen MR) is 124 cm³/mol. The monoisotopic (exact) mass is 534 g/mol. The maximum Gasteiger partial charge on any atom is 0.420 e. The van der Waals surface area contributed by atoms with Crippen molar-refractivity contribution < 1.29 is 48.5 Å². The number of ether oxygens (including phenoxy) is 2. The molecule has 1 heterocycles. The molecule has 0 bridgehead atoms. The van der Waals surface area contributed by atoms with Gasteiger partial charge in [0.05, 0.1) is 19.8 Å². The molecule has 0 saturated carbocycles. The lowest BCUT2D eigenvalue weighted by molar-refractivity contribution is -0.366. The number of aliphatic hydroxyl groups excluding tert-OH is 1. The van der Waals surface area contributed by atoms with Crippen molar-refractivity contribution in [3.63, 3.8) is 0 Å². The van der Waals surface area contributed by atoms with E-state index in [9.17, 15) is 27.0 Å². The van der Waals surface area contributed by atoms with Crippen molar-refractivity contribution in [1.29, 1.82) is 0 Å². The van der Waals surface area contributed by atoms with Crippen LogP contribution < -0.4 is 0 Å². The van der Waals surface area contributed by atoms with E-state index in [4.69, 9.17) is 9.47 Å². The van der Waals surface area contributed by atoms with E-state index in [0.717, 1.165) is 64.2 Å². The Morgan fingerprint density at radius 2 is 1.09 bits per heavy atom. The lowest BCUT2D eigenvalue weighted by Crippen LogP contribution is -2.63. The zero-order valence-electron chi connectivity index (χ0n) is 20.4. The SMILES string of the molecule is CCCCCCCCOCC(CO)(COCCCCCCCC)C1(O)OS(=O)(=O)OS(=O)(=O)O1. The van der Waals surface area contributed by atoms with Crippen LogP contribution in [0.15, 0.2) is 0 Å². The zero-order chi connectivity index (χ0) is 25.6. The lowest BCUT2D eigenvalue weighted by Gasteiger charge is -2.43. The van der Waals surface area contributed by atoms with Crippen LogP contribution in [0.3, 0.4) is 0 Å². The molecule has 1 rings (SSSR count). The van der Waals surface area contributed by atoms with Crippen molar-refractivity contribution in [2.24, 2.45) is 5.41 Å². The van der Waals surface area contributed by atoms with Crippen LogP contribution in [-0.2, 0) is 42.3 Å². The number of aliphatic hydroxyl groups is 2. The Hall–Kier alpha value is -0.380. The Labute approximate surface area is 204 Å². The van der Waals surface area contributed by atoms with Crippen molar-refractivity contribution in [3.05, 3.63) is 0 Å². The molecule has 0 atom stereocenters. The molecule has 1 aliphatic heterocycles. The molecule has 1 saturated heterocycles. The first-order valence-corrected chi connectivity index (χ1v) is 14.8. The average Bonchev–Trinajstić information content (AvgIpc) is 2.73. The summed E-state index contributed by atoms with van der Waals surface area (Å²) < 4.78 is 71.2. The minimum absolute atomic E-state index is 0.247. The third kappa shape index (κ3) is 11.1. The first-order valence-electron chi connectivity index (χ1n) is 12.2. The Morgan fingerprint density at radius 1 is 0.706 bits per heavy atom. The lowest BCUT2D eigenvalue weighted by atomic mass is 9.87. The molecule has 13 heteroatoms. The molecular weight excluding hydrogens is 492 g/mol. The molecule has 1 aliphatic rings. The molecule has 0 aromatic rings. The molecule has 2 N–H and O–H groups in total. The minimum atomic E-state index is -5.17. The van der Waals surface area contributed by atoms with E-state index in [-0.39, 0.29) is 13.2 Å². The first-order chi connectivity index (χ1) is 16.1. The molecule has 0 aliphatic carbocycles. The minimum Gasteiger partial charge on any atom is -0.395 e. The van der Waals surface area contributed by atoms with E-state index < -0.39 is 52.0 Å². The van der Waals surface area contributed by atoms with Gasteiger partial charge in [-0.1, -0.05) is 78.1 Å². The van der Waals surface area contributed by atoms with Gasteiger partial charge in [0.25, 0.3) is 0 Å². The van der Waals surface area contributed by atoms with Crippen LogP contribution in [-0.4, -0.2) is 66.1 Å². The molecule has 0 aromatic heterocycles. The van der Waals surface area contributed by atoms with Gasteiger partial charge in [-0.05, 0) is 12.8 Å². The van der Waals surface area contributed by atoms with Crippen LogP contribution in [0.2, 0.25) is 0 Å². The quantitative estimate of drug-likeness (QED) is 0.221. The highest BCUT2D eigenvalue weighted by molar-refractivity contribution is 7.95. The number of unbranched alkanes of at least 4 members (excludes halogenated alkanes) is 10. The highest BCUT2D eigenvalue weighted by Crippen LogP contribution is 2.41. The fourth-order valence-corrected chi connectivity index (χ4v) is 5.57. The summed E-state index contributed by atoms with van der Waals surface area (Å²) >= 11 is 0. The molecule has 0 unspecified atom stereocenters. The zero-order valence-corrected chi connectivity index (χ0v) is 22.0. The summed E-state index contributed by atoms with van der Waals surface area (Å²) in [5.41, 5.74) is -2.07. The van der Waals surface area contributed by atoms with E-state index in [1.165, 1.54) is 0 Å². The van der Waals surface area contributed by atoms with Gasteiger partial charge in [-0.15, -0.1) is 3.63 Å². The van der Waals surface area contributed by atoms with Gasteiger partial charge in [-0.2, -0.15) is 25.2 Å². The number of rotatable bonds is 20. The van der Waals surface area contributed by atoms with E-state index in [2.05, 4.69) is 25.8 Å². The second kappa shape index (κ2) is 15.7. The Bertz CT molecular complexity index is 699. The van der Waals surface area contributed by atoms with Crippen molar-refractivity contribution >= 4 is 20.8 Å². The summed E-state index contributed by atoms with van der Waals surface area (Å²) in [6.07, 6.45) is 12.1. The van der Waals surface area contributed by atoms with Gasteiger partial charge in [0, 0.05) is 13.2 Å². The summed E-state index contributed by atoms with van der Waals surface area (Å²) in [5.74, 6) is -3.31. The molecule has 11 nitrogen and oxygen atoms in total. The summed E-state index contributed by atoms with van der Waals surface area (Å²) in [4.78, 5) is 0. The predicted octanol–water partition coefficient (Wildman–Crippen LogP) is 2.92. The van der Waals surface area contributed by atoms with E-state index in [1.54, 1.807) is 0 Å². The summed E-state index contributed by atoms with van der Waals surface area (Å²) in [6, 6.07) is 0. The topological polar surface area (TPSA) is 155 Å². The van der Waals surface area contributed by atoms with Gasteiger partial charge in [-0.3, -0.25) is 0 Å². The van der Waals surface area contributed by atoms with Crippen LogP contribution in [0.25, 0.3) is 0 Å². The highest BCUT2D eigenvalue weighted by Gasteiger charge is 2.63. The van der Waals surface area contributed by atoms with Gasteiger partial charge in [0.15, 0.2) is 0 Å². The van der Waals surface area contributed by atoms with E-state index >= 15 is 0 Å². The summed E-state index contributed by atoms with van der Waals surface area (Å²) in [5, 5.41) is 21.0. The normalized spacial score (nSPS) is 19.3. The average molecular weight is 535 g/mol. The van der Waals surface area contributed by atoms with Crippen LogP contribution in [0, 0.1) is 5.41 Å². The van der Waals surface area contributed by atoms with Crippen LogP contribution in [0.4, 0.5) is 0 Å². The smallest absolute Gasteiger partial charge is 0.395 e. The second-order valence-electron chi connectivity index (χ2n) is 8.71. The number of hydrogen-bond acceptors (Lipinski definition) is 11. The van der Waals surface area contributed by atoms with Crippen molar-refractivity contribution in [2.75, 3.05) is 33.0 Å². The molecular formula is C21H42O11S2. The molecule has 0 aromatic carbocycles. The second-order valence-corrected chi connectivity index (χ2v) is 11.2. The molecule has 1 fully saturated rings. The van der Waals surface area contributed by atoms with Gasteiger partial charge in [0.1, 0.15) is 5.41 Å². The fraction of sp³-hybridized carbons (Fsp3) is 1.00. The van der Waals surface area contributed by atoms with E-state index in [1.807, 2.05) is 0 Å². The highest BCUT2D eigenvalue weighted by atomic mass is 32.3. The van der Waals surface area contributed by atoms with Crippen molar-refractivity contribution in [2.45, 2.75) is 96.9 Å². The van der Waals surface area contributed by atoms with Crippen LogP contribution in [0.5, 0.6) is 0 Å². The van der Waals surface area contributed by atoms with Gasteiger partial charge in [0.2, 0.25) is 0 Å². The largest absolute Gasteiger partial charge is 0.420 e. The van der Waals surface area contributed by atoms with Crippen LogP contribution >= 0.6 is 0 Å². The standard InChI is InChI=1S/C21H42O11S2/c1-3-5-7-9-11-13-15-28-18-20(17-22,19-29-16-14-12-10-8-6-4-2)21(23)30-33(24,25)32-34(26,27)31-21/h22-23H,3-19H2,1-2H3. The van der Waals surface area contributed by atoms with Crippen molar-refractivity contribution in [1.82, 2.24) is 0 Å². The van der Waals surface area contributed by atoms with Crippen LogP contribution in [0.1, 0.15) is 90.9 Å². The molecule has 0 amide bonds. The molecule has 0 spiro atoms. The molecule has 204 valence electrons. The van der Waals surface area contributed by atoms with Gasteiger partial charge < -0.3 is 19.7 Å². The third-order valence-electron chi connectivity index (χ3n) is 5.61. The Morgan fingerprint density at radius 3 is 1.47 bits per heavy atom. The van der Waals surface area contributed by atoms with Crippen molar-refractivity contribution in [3.8, 4) is 0 Å². The van der Waals surface area contributed by atoms with Gasteiger partial charge in [-0.25, -0.2) is 0 Å². The Kier molecular flexibility index (Phi) is 14.6. The van der Waals surface area contributed by atoms with E-state index in [0.29, 0.717) is 12.8 Å². The summed E-state index contributed by atoms with van der Waals surface area (Å²) in [7, 11) is -10.3. The number of hydrogen-bond donors (Lipinski definition) is 2. The summed E-state index contributed by atoms with van der Waals surface area (Å²) in [6.45, 7) is 2.85. The maximum atomic E-state index is 11.8. The molecule has 0 radical (unpaired) electrons. The maximum absolute atomic E-state index is 11.8. The fourth-order valence-electron chi connectivity index (χ4n) is 3.52. The first kappa shape index (κ1) is 31.6.